The number of methoxy groups -OCH3 is 1. The highest BCUT2D eigenvalue weighted by Gasteiger charge is 2.21. The molecule has 21 heavy (non-hydrogen) atoms. The quantitative estimate of drug-likeness (QED) is 0.581. The van der Waals surface area contributed by atoms with Crippen LogP contribution < -0.4 is 4.90 Å². The Balaban J connectivity index is 3.16. The Bertz CT molecular complexity index is 525. The molecule has 0 aromatic heterocycles. The smallest absolute Gasteiger partial charge is 0.292 e. The first-order valence-electron chi connectivity index (χ1n) is 6.58. The van der Waals surface area contributed by atoms with Crippen LogP contribution in [-0.4, -0.2) is 36.8 Å². The molecule has 1 aromatic rings. The first-order valence-corrected chi connectivity index (χ1v) is 6.58. The lowest BCUT2D eigenvalue weighted by molar-refractivity contribution is -0.384. The van der Waals surface area contributed by atoms with Gasteiger partial charge in [0.05, 0.1) is 30.1 Å². The number of aliphatic hydroxyl groups is 1. The highest BCUT2D eigenvalue weighted by Crippen LogP contribution is 2.31. The summed E-state index contributed by atoms with van der Waals surface area (Å²) in [6.07, 6.45) is -0.511. The van der Waals surface area contributed by atoms with Gasteiger partial charge in [-0.1, -0.05) is 6.07 Å². The number of anilines is 1. The second-order valence-electron chi connectivity index (χ2n) is 4.57. The lowest BCUT2D eigenvalue weighted by Gasteiger charge is -2.23. The molecule has 0 aliphatic heterocycles. The van der Waals surface area contributed by atoms with Crippen molar-refractivity contribution < 1.29 is 14.8 Å². The van der Waals surface area contributed by atoms with Gasteiger partial charge in [0.15, 0.2) is 0 Å². The standard InChI is InChI=1S/C14H19N3O4/c1-11(18)12-4-5-13(14(10-12)17(19)20)16(7-3-6-15)8-9-21-2/h4-5,10-11,18H,3,7-9H2,1-2H3/t11-/m0/s1. The maximum atomic E-state index is 11.2. The van der Waals surface area contributed by atoms with Crippen molar-refractivity contribution in [3.8, 4) is 6.07 Å². The Labute approximate surface area is 123 Å². The molecular formula is C14H19N3O4. The van der Waals surface area contributed by atoms with Crippen molar-refractivity contribution >= 4 is 11.4 Å². The predicted octanol–water partition coefficient (Wildman–Crippen LogP) is 2.01. The monoisotopic (exact) mass is 293 g/mol. The molecule has 0 saturated carbocycles. The molecule has 1 rings (SSSR count). The maximum Gasteiger partial charge on any atom is 0.292 e. The summed E-state index contributed by atoms with van der Waals surface area (Å²) in [5.74, 6) is 0. The number of nitro benzene ring substituents is 1. The number of hydrogen-bond donors (Lipinski definition) is 1. The molecule has 0 aliphatic rings. The summed E-state index contributed by atoms with van der Waals surface area (Å²) in [6.45, 7) is 2.79. The Hall–Kier alpha value is -2.17. The molecule has 1 atom stereocenters. The number of aliphatic hydroxyl groups excluding tert-OH is 1. The van der Waals surface area contributed by atoms with Crippen molar-refractivity contribution in [2.75, 3.05) is 31.7 Å². The second kappa shape index (κ2) is 8.19. The van der Waals surface area contributed by atoms with Crippen molar-refractivity contribution in [3.63, 3.8) is 0 Å². The number of nitro groups is 1. The average molecular weight is 293 g/mol. The molecule has 7 nitrogen and oxygen atoms in total. The molecule has 114 valence electrons. The van der Waals surface area contributed by atoms with Crippen LogP contribution in [0.1, 0.15) is 25.0 Å². The van der Waals surface area contributed by atoms with Crippen LogP contribution in [0.2, 0.25) is 0 Å². The molecule has 0 aliphatic carbocycles. The zero-order chi connectivity index (χ0) is 15.8. The van der Waals surface area contributed by atoms with E-state index in [0.717, 1.165) is 0 Å². The van der Waals surface area contributed by atoms with Gasteiger partial charge in [-0.3, -0.25) is 10.1 Å². The summed E-state index contributed by atoms with van der Waals surface area (Å²) in [5.41, 5.74) is 0.830. The van der Waals surface area contributed by atoms with Crippen molar-refractivity contribution in [2.45, 2.75) is 19.4 Å². The Morgan fingerprint density at radius 3 is 2.76 bits per heavy atom. The lowest BCUT2D eigenvalue weighted by Crippen LogP contribution is -2.28. The van der Waals surface area contributed by atoms with E-state index in [4.69, 9.17) is 10.00 Å². The molecule has 7 heteroatoms. The van der Waals surface area contributed by atoms with Crippen LogP contribution >= 0.6 is 0 Å². The molecule has 1 N–H and O–H groups in total. The molecule has 0 radical (unpaired) electrons. The maximum absolute atomic E-state index is 11.2. The van der Waals surface area contributed by atoms with Gasteiger partial charge in [0.2, 0.25) is 0 Å². The van der Waals surface area contributed by atoms with Gasteiger partial charge in [0, 0.05) is 26.3 Å². The highest BCUT2D eigenvalue weighted by molar-refractivity contribution is 5.64. The van der Waals surface area contributed by atoms with E-state index in [9.17, 15) is 15.2 Å². The van der Waals surface area contributed by atoms with Crippen LogP contribution in [0.3, 0.4) is 0 Å². The minimum absolute atomic E-state index is 0.0811. The number of nitrogens with zero attached hydrogens (tertiary/aromatic N) is 3. The lowest BCUT2D eigenvalue weighted by atomic mass is 10.1. The molecule has 0 unspecified atom stereocenters. The zero-order valence-corrected chi connectivity index (χ0v) is 12.2. The van der Waals surface area contributed by atoms with Crippen LogP contribution in [-0.2, 0) is 4.74 Å². The van der Waals surface area contributed by atoms with Crippen molar-refractivity contribution in [2.24, 2.45) is 0 Å². The fourth-order valence-electron chi connectivity index (χ4n) is 1.95. The van der Waals surface area contributed by atoms with Crippen molar-refractivity contribution in [1.82, 2.24) is 0 Å². The molecule has 0 fully saturated rings. The van der Waals surface area contributed by atoms with E-state index in [-0.39, 0.29) is 12.1 Å². The van der Waals surface area contributed by atoms with E-state index in [1.807, 2.05) is 6.07 Å². The second-order valence-corrected chi connectivity index (χ2v) is 4.57. The van der Waals surface area contributed by atoms with Gasteiger partial charge < -0.3 is 14.7 Å². The van der Waals surface area contributed by atoms with Gasteiger partial charge in [-0.25, -0.2) is 0 Å². The van der Waals surface area contributed by atoms with Gasteiger partial charge in [-0.05, 0) is 18.6 Å². The zero-order valence-electron chi connectivity index (χ0n) is 12.2. The van der Waals surface area contributed by atoms with Crippen molar-refractivity contribution in [3.05, 3.63) is 33.9 Å². The van der Waals surface area contributed by atoms with E-state index < -0.39 is 11.0 Å². The van der Waals surface area contributed by atoms with Crippen LogP contribution in [0, 0.1) is 21.4 Å². The number of benzene rings is 1. The molecule has 1 aromatic carbocycles. The summed E-state index contributed by atoms with van der Waals surface area (Å²) in [7, 11) is 1.55. The summed E-state index contributed by atoms with van der Waals surface area (Å²) < 4.78 is 5.00. The van der Waals surface area contributed by atoms with Crippen molar-refractivity contribution in [1.29, 1.82) is 5.26 Å². The van der Waals surface area contributed by atoms with Gasteiger partial charge in [0.25, 0.3) is 5.69 Å². The molecular weight excluding hydrogens is 274 g/mol. The fraction of sp³-hybridized carbons (Fsp3) is 0.500. The summed E-state index contributed by atoms with van der Waals surface area (Å²) in [4.78, 5) is 12.5. The Kier molecular flexibility index (Phi) is 6.59. The Morgan fingerprint density at radius 2 is 2.24 bits per heavy atom. The molecule has 0 amide bonds. The van der Waals surface area contributed by atoms with Gasteiger partial charge in [-0.2, -0.15) is 5.26 Å². The van der Waals surface area contributed by atoms with E-state index in [1.165, 1.54) is 6.07 Å². The average Bonchev–Trinajstić information content (AvgIpc) is 2.46. The summed E-state index contributed by atoms with van der Waals surface area (Å²) in [6, 6.07) is 6.65. The SMILES string of the molecule is COCCN(CCC#N)c1ccc([C@H](C)O)cc1[N+](=O)[O-]. The van der Waals surface area contributed by atoms with E-state index in [0.29, 0.717) is 30.9 Å². The van der Waals surface area contributed by atoms with Gasteiger partial charge >= 0.3 is 0 Å². The molecule has 0 spiro atoms. The van der Waals surface area contributed by atoms with Crippen LogP contribution in [0.5, 0.6) is 0 Å². The molecule has 0 bridgehead atoms. The van der Waals surface area contributed by atoms with E-state index in [1.54, 1.807) is 31.1 Å². The number of hydrogen-bond acceptors (Lipinski definition) is 6. The van der Waals surface area contributed by atoms with Gasteiger partial charge in [0.1, 0.15) is 5.69 Å². The minimum Gasteiger partial charge on any atom is -0.389 e. The number of ether oxygens (including phenoxy) is 1. The first kappa shape index (κ1) is 16.9. The number of rotatable bonds is 8. The minimum atomic E-state index is -0.774. The summed E-state index contributed by atoms with van der Waals surface area (Å²) >= 11 is 0. The fourth-order valence-corrected chi connectivity index (χ4v) is 1.95. The Morgan fingerprint density at radius 1 is 1.52 bits per heavy atom. The highest BCUT2D eigenvalue weighted by atomic mass is 16.6. The van der Waals surface area contributed by atoms with E-state index in [2.05, 4.69) is 0 Å². The first-order chi connectivity index (χ1) is 10.0. The summed E-state index contributed by atoms with van der Waals surface area (Å²) in [5, 5.41) is 29.5. The number of nitriles is 1. The van der Waals surface area contributed by atoms with Gasteiger partial charge in [-0.15, -0.1) is 0 Å². The normalized spacial score (nSPS) is 11.7. The predicted molar refractivity (Wildman–Crippen MR) is 78.0 cm³/mol. The molecule has 0 heterocycles. The van der Waals surface area contributed by atoms with Crippen LogP contribution in [0.25, 0.3) is 0 Å². The third-order valence-corrected chi connectivity index (χ3v) is 3.08. The van der Waals surface area contributed by atoms with Crippen LogP contribution in [0.4, 0.5) is 11.4 Å². The topological polar surface area (TPSA) is 99.6 Å². The third-order valence-electron chi connectivity index (χ3n) is 3.08. The molecule has 0 saturated heterocycles. The van der Waals surface area contributed by atoms with Crippen LogP contribution in [0.15, 0.2) is 18.2 Å². The van der Waals surface area contributed by atoms with E-state index >= 15 is 0 Å². The largest absolute Gasteiger partial charge is 0.389 e. The third kappa shape index (κ3) is 4.70.